The van der Waals surface area contributed by atoms with Gasteiger partial charge in [0.15, 0.2) is 17.2 Å². The number of hydrogen-bond acceptors (Lipinski definition) is 7. The van der Waals surface area contributed by atoms with Crippen LogP contribution >= 0.6 is 11.3 Å². The molecule has 6 nitrogen and oxygen atoms in total. The van der Waals surface area contributed by atoms with Crippen molar-refractivity contribution in [3.05, 3.63) is 59.1 Å². The van der Waals surface area contributed by atoms with Crippen LogP contribution in [-0.2, 0) is 0 Å². The van der Waals surface area contributed by atoms with Crippen LogP contribution in [0.25, 0.3) is 10.6 Å². The lowest BCUT2D eigenvalue weighted by Gasteiger charge is -2.10. The second-order valence-electron chi connectivity index (χ2n) is 5.59. The molecule has 0 saturated heterocycles. The van der Waals surface area contributed by atoms with E-state index < -0.39 is 5.97 Å². The lowest BCUT2D eigenvalue weighted by atomic mass is 10.2. The molecular weight excluding hydrogens is 376 g/mol. The fourth-order valence-electron chi connectivity index (χ4n) is 2.44. The first-order valence-electron chi connectivity index (χ1n) is 8.72. The topological polar surface area (TPSA) is 81.4 Å². The Hall–Kier alpha value is -3.37. The summed E-state index contributed by atoms with van der Waals surface area (Å²) in [6, 6.07) is 14.2. The van der Waals surface area contributed by atoms with Gasteiger partial charge < -0.3 is 14.2 Å². The molecule has 0 fully saturated rings. The van der Waals surface area contributed by atoms with Gasteiger partial charge in [-0.2, -0.15) is 5.26 Å². The summed E-state index contributed by atoms with van der Waals surface area (Å²) in [5.74, 6) is 0.795. The Morgan fingerprint density at radius 2 is 1.82 bits per heavy atom. The van der Waals surface area contributed by atoms with E-state index in [0.717, 1.165) is 11.3 Å². The summed E-state index contributed by atoms with van der Waals surface area (Å²) < 4.78 is 16.3. The number of nitrogens with zero attached hydrogens (tertiary/aromatic N) is 2. The monoisotopic (exact) mass is 394 g/mol. The molecule has 3 aromatic rings. The number of hydrogen-bond donors (Lipinski definition) is 0. The maximum absolute atomic E-state index is 12.5. The molecule has 0 N–H and O–H groups in total. The summed E-state index contributed by atoms with van der Waals surface area (Å²) in [4.78, 5) is 16.9. The minimum Gasteiger partial charge on any atom is -0.494 e. The van der Waals surface area contributed by atoms with E-state index in [-0.39, 0.29) is 11.4 Å². The standard InChI is InChI=1S/C21H18N2O4S/c1-3-25-16-8-6-15(7-9-16)20-23-17(13-28-20)21(24)27-18-10-5-14(12-22)11-19(18)26-4-2/h5-11,13H,3-4H2,1-2H3. The predicted molar refractivity (Wildman–Crippen MR) is 106 cm³/mol. The molecule has 1 heterocycles. The lowest BCUT2D eigenvalue weighted by molar-refractivity contribution is 0.0723. The van der Waals surface area contributed by atoms with Crippen molar-refractivity contribution >= 4 is 17.3 Å². The molecule has 0 unspecified atom stereocenters. The fourth-order valence-corrected chi connectivity index (χ4v) is 3.24. The molecule has 0 bridgehead atoms. The van der Waals surface area contributed by atoms with E-state index >= 15 is 0 Å². The first-order valence-corrected chi connectivity index (χ1v) is 9.60. The summed E-state index contributed by atoms with van der Waals surface area (Å²) in [5, 5.41) is 11.4. The van der Waals surface area contributed by atoms with Crippen molar-refractivity contribution in [1.82, 2.24) is 4.98 Å². The van der Waals surface area contributed by atoms with Gasteiger partial charge in [0, 0.05) is 17.0 Å². The number of thiazole rings is 1. The third kappa shape index (κ3) is 4.48. The molecule has 0 atom stereocenters. The van der Waals surface area contributed by atoms with Crippen molar-refractivity contribution in [3.63, 3.8) is 0 Å². The van der Waals surface area contributed by atoms with E-state index in [2.05, 4.69) is 4.98 Å². The summed E-state index contributed by atoms with van der Waals surface area (Å²) in [7, 11) is 0. The number of rotatable bonds is 7. The van der Waals surface area contributed by atoms with E-state index in [9.17, 15) is 4.79 Å². The highest BCUT2D eigenvalue weighted by atomic mass is 32.1. The van der Waals surface area contributed by atoms with Crippen LogP contribution < -0.4 is 14.2 Å². The van der Waals surface area contributed by atoms with Crippen molar-refractivity contribution in [2.24, 2.45) is 0 Å². The molecule has 0 aliphatic heterocycles. The van der Waals surface area contributed by atoms with Crippen molar-refractivity contribution in [2.45, 2.75) is 13.8 Å². The lowest BCUT2D eigenvalue weighted by Crippen LogP contribution is -2.10. The van der Waals surface area contributed by atoms with E-state index in [4.69, 9.17) is 19.5 Å². The minimum absolute atomic E-state index is 0.209. The van der Waals surface area contributed by atoms with Gasteiger partial charge in [-0.05, 0) is 50.2 Å². The van der Waals surface area contributed by atoms with Crippen LogP contribution in [0.15, 0.2) is 47.8 Å². The third-order valence-electron chi connectivity index (χ3n) is 3.70. The van der Waals surface area contributed by atoms with Gasteiger partial charge >= 0.3 is 5.97 Å². The second kappa shape index (κ2) is 9.02. The molecule has 0 radical (unpaired) electrons. The first-order chi connectivity index (χ1) is 13.6. The molecule has 0 saturated carbocycles. The van der Waals surface area contributed by atoms with Gasteiger partial charge in [0.1, 0.15) is 10.8 Å². The quantitative estimate of drug-likeness (QED) is 0.427. The van der Waals surface area contributed by atoms with Crippen LogP contribution in [-0.4, -0.2) is 24.2 Å². The van der Waals surface area contributed by atoms with Gasteiger partial charge in [-0.1, -0.05) is 0 Å². The zero-order chi connectivity index (χ0) is 19.9. The minimum atomic E-state index is -0.584. The zero-order valence-electron chi connectivity index (χ0n) is 15.5. The predicted octanol–water partition coefficient (Wildman–Crippen LogP) is 4.70. The number of benzene rings is 2. The fraction of sp³-hybridized carbons (Fsp3) is 0.190. The van der Waals surface area contributed by atoms with Crippen LogP contribution in [0.1, 0.15) is 29.9 Å². The van der Waals surface area contributed by atoms with Gasteiger partial charge in [0.05, 0.1) is 24.8 Å². The zero-order valence-corrected chi connectivity index (χ0v) is 16.3. The second-order valence-corrected chi connectivity index (χ2v) is 6.45. The van der Waals surface area contributed by atoms with Crippen molar-refractivity contribution < 1.29 is 19.0 Å². The van der Waals surface area contributed by atoms with Gasteiger partial charge in [-0.15, -0.1) is 11.3 Å². The Morgan fingerprint density at radius 1 is 1.07 bits per heavy atom. The maximum atomic E-state index is 12.5. The molecule has 0 spiro atoms. The van der Waals surface area contributed by atoms with Crippen LogP contribution in [0, 0.1) is 11.3 Å². The normalized spacial score (nSPS) is 10.2. The molecule has 142 valence electrons. The van der Waals surface area contributed by atoms with Gasteiger partial charge in [-0.25, -0.2) is 9.78 Å². The number of carbonyl (C=O) groups excluding carboxylic acids is 1. The van der Waals surface area contributed by atoms with Gasteiger partial charge in [0.2, 0.25) is 0 Å². The highest BCUT2D eigenvalue weighted by Crippen LogP contribution is 2.30. The molecule has 1 aromatic heterocycles. The maximum Gasteiger partial charge on any atom is 0.363 e. The highest BCUT2D eigenvalue weighted by molar-refractivity contribution is 7.13. The molecule has 3 rings (SSSR count). The van der Waals surface area contributed by atoms with Crippen molar-refractivity contribution in [2.75, 3.05) is 13.2 Å². The summed E-state index contributed by atoms with van der Waals surface area (Å²) in [5.41, 5.74) is 1.52. The molecule has 0 aliphatic rings. The van der Waals surface area contributed by atoms with Gasteiger partial charge in [0.25, 0.3) is 0 Å². The van der Waals surface area contributed by atoms with Gasteiger partial charge in [-0.3, -0.25) is 0 Å². The Balaban J connectivity index is 1.77. The van der Waals surface area contributed by atoms with Crippen LogP contribution in [0.2, 0.25) is 0 Å². The Kier molecular flexibility index (Phi) is 6.25. The SMILES string of the molecule is CCOc1ccc(-c2nc(C(=O)Oc3ccc(C#N)cc3OCC)cs2)cc1. The summed E-state index contributed by atoms with van der Waals surface area (Å²) in [6.45, 7) is 4.73. The number of nitriles is 1. The number of ether oxygens (including phenoxy) is 3. The largest absolute Gasteiger partial charge is 0.494 e. The van der Waals surface area contributed by atoms with E-state index in [1.165, 1.54) is 11.3 Å². The summed E-state index contributed by atoms with van der Waals surface area (Å²) >= 11 is 1.35. The van der Waals surface area contributed by atoms with E-state index in [1.54, 1.807) is 23.6 Å². The number of carbonyl (C=O) groups is 1. The molecule has 0 amide bonds. The van der Waals surface area contributed by atoms with Crippen LogP contribution in [0.4, 0.5) is 0 Å². The van der Waals surface area contributed by atoms with Crippen LogP contribution in [0.5, 0.6) is 17.2 Å². The molecule has 2 aromatic carbocycles. The Morgan fingerprint density at radius 3 is 2.50 bits per heavy atom. The number of aromatic nitrogens is 1. The molecular formula is C21H18N2O4S. The van der Waals surface area contributed by atoms with E-state index in [0.29, 0.717) is 29.5 Å². The Bertz CT molecular complexity index is 1010. The van der Waals surface area contributed by atoms with E-state index in [1.807, 2.05) is 44.2 Å². The van der Waals surface area contributed by atoms with Crippen LogP contribution in [0.3, 0.4) is 0 Å². The number of esters is 1. The molecule has 28 heavy (non-hydrogen) atoms. The first kappa shape index (κ1) is 19.4. The highest BCUT2D eigenvalue weighted by Gasteiger charge is 2.17. The smallest absolute Gasteiger partial charge is 0.363 e. The average Bonchev–Trinajstić information content (AvgIpc) is 3.21. The average molecular weight is 394 g/mol. The Labute approximate surface area is 166 Å². The molecule has 0 aliphatic carbocycles. The third-order valence-corrected chi connectivity index (χ3v) is 4.59. The summed E-state index contributed by atoms with van der Waals surface area (Å²) in [6.07, 6.45) is 0. The van der Waals surface area contributed by atoms with Crippen molar-refractivity contribution in [3.8, 4) is 33.9 Å². The molecule has 7 heteroatoms. The van der Waals surface area contributed by atoms with Crippen molar-refractivity contribution in [1.29, 1.82) is 5.26 Å².